The fourth-order valence-electron chi connectivity index (χ4n) is 2.84. The summed E-state index contributed by atoms with van der Waals surface area (Å²) in [5, 5.41) is 14.8. The summed E-state index contributed by atoms with van der Waals surface area (Å²) in [5.74, 6) is 2.25. The lowest BCUT2D eigenvalue weighted by atomic mass is 10.2. The molecule has 0 spiro atoms. The van der Waals surface area contributed by atoms with Crippen molar-refractivity contribution in [1.29, 1.82) is 0 Å². The molecule has 0 atom stereocenters. The molecule has 188 valence electrons. The number of rotatable bonds is 14. The van der Waals surface area contributed by atoms with Crippen LogP contribution in [0.25, 0.3) is 0 Å². The van der Waals surface area contributed by atoms with E-state index in [0.29, 0.717) is 36.2 Å². The Morgan fingerprint density at radius 1 is 0.657 bits per heavy atom. The number of methoxy groups -OCH3 is 2. The lowest BCUT2D eigenvalue weighted by molar-refractivity contribution is 0.264. The molecule has 0 heterocycles. The van der Waals surface area contributed by atoms with Gasteiger partial charge in [0.1, 0.15) is 0 Å². The number of nitrogens with two attached hydrogens (primary N) is 4. The average molecular weight is 485 g/mol. The molecule has 2 aromatic rings. The molecular weight excluding hydrogens is 452 g/mol. The predicted octanol–water partition coefficient (Wildman–Crippen LogP) is 1.55. The van der Waals surface area contributed by atoms with Gasteiger partial charge >= 0.3 is 0 Å². The molecule has 0 aromatic heterocycles. The van der Waals surface area contributed by atoms with Gasteiger partial charge in [-0.1, -0.05) is 0 Å². The van der Waals surface area contributed by atoms with Crippen molar-refractivity contribution < 1.29 is 18.9 Å². The Morgan fingerprint density at radius 3 is 1.46 bits per heavy atom. The van der Waals surface area contributed by atoms with E-state index in [1.54, 1.807) is 26.4 Å². The first-order valence-corrected chi connectivity index (χ1v) is 10.8. The highest BCUT2D eigenvalue weighted by Gasteiger charge is 2.07. The Labute approximate surface area is 204 Å². The van der Waals surface area contributed by atoms with Crippen molar-refractivity contribution >= 4 is 24.3 Å². The van der Waals surface area contributed by atoms with Crippen molar-refractivity contribution in [3.05, 3.63) is 47.5 Å². The van der Waals surface area contributed by atoms with Gasteiger partial charge in [0.05, 0.1) is 39.9 Å². The van der Waals surface area contributed by atoms with Gasteiger partial charge in [-0.15, -0.1) is 10.2 Å². The monoisotopic (exact) mass is 484 g/mol. The van der Waals surface area contributed by atoms with E-state index in [-0.39, 0.29) is 11.9 Å². The Kier molecular flexibility index (Phi) is 11.2. The van der Waals surface area contributed by atoms with Gasteiger partial charge in [0, 0.05) is 0 Å². The van der Waals surface area contributed by atoms with E-state index < -0.39 is 0 Å². The van der Waals surface area contributed by atoms with Crippen LogP contribution in [0.3, 0.4) is 0 Å². The van der Waals surface area contributed by atoms with E-state index in [1.165, 1.54) is 12.4 Å². The average Bonchev–Trinajstić information content (AvgIpc) is 2.83. The van der Waals surface area contributed by atoms with Gasteiger partial charge in [0.15, 0.2) is 23.0 Å². The van der Waals surface area contributed by atoms with Crippen LogP contribution in [0.5, 0.6) is 23.0 Å². The number of benzene rings is 2. The van der Waals surface area contributed by atoms with Gasteiger partial charge in [0.2, 0.25) is 11.9 Å². The zero-order chi connectivity index (χ0) is 25.5. The molecule has 0 aliphatic heterocycles. The van der Waals surface area contributed by atoms with Crippen molar-refractivity contribution in [3.8, 4) is 23.0 Å². The van der Waals surface area contributed by atoms with Crippen molar-refractivity contribution in [2.75, 3.05) is 27.4 Å². The molecule has 0 unspecified atom stereocenters. The summed E-state index contributed by atoms with van der Waals surface area (Å²) in [6.07, 6.45) is 5.63. The first-order valence-electron chi connectivity index (χ1n) is 10.8. The van der Waals surface area contributed by atoms with Crippen LogP contribution in [0.15, 0.2) is 56.8 Å². The minimum absolute atomic E-state index is 0.113. The van der Waals surface area contributed by atoms with Crippen LogP contribution in [0, 0.1) is 0 Å². The van der Waals surface area contributed by atoms with Crippen LogP contribution in [-0.2, 0) is 0 Å². The van der Waals surface area contributed by atoms with E-state index >= 15 is 0 Å². The molecule has 0 fully saturated rings. The molecule has 0 amide bonds. The third kappa shape index (κ3) is 9.90. The first kappa shape index (κ1) is 26.8. The lowest BCUT2D eigenvalue weighted by Gasteiger charge is -2.12. The highest BCUT2D eigenvalue weighted by Crippen LogP contribution is 2.29. The normalized spacial score (nSPS) is 10.8. The van der Waals surface area contributed by atoms with E-state index in [9.17, 15) is 0 Å². The SMILES string of the molecule is COc1ccc(C=NN=C(N)N)cc1OCCCCCOc1cc(C=NN=C(N)N)ccc1OC. The molecule has 0 aliphatic rings. The van der Waals surface area contributed by atoms with Gasteiger partial charge in [-0.05, 0) is 66.8 Å². The molecular formula is C23H32N8O4. The van der Waals surface area contributed by atoms with Crippen molar-refractivity contribution in [3.63, 3.8) is 0 Å². The summed E-state index contributed by atoms with van der Waals surface area (Å²) < 4.78 is 22.5. The third-order valence-electron chi connectivity index (χ3n) is 4.44. The zero-order valence-corrected chi connectivity index (χ0v) is 19.9. The standard InChI is InChI=1S/C23H32N8O4/c1-32-18-8-6-16(14-28-30-22(24)25)12-20(18)34-10-4-3-5-11-35-21-13-17(7-9-19(21)33-2)15-29-31-23(26)27/h6-9,12-15H,3-5,10-11H2,1-2H3,(H4,24,25,30)(H4,26,27,31). The maximum atomic E-state index is 5.89. The number of nitrogens with zero attached hydrogens (tertiary/aromatic N) is 4. The Balaban J connectivity index is 1.81. The lowest BCUT2D eigenvalue weighted by Crippen LogP contribution is -2.21. The Morgan fingerprint density at radius 2 is 1.09 bits per heavy atom. The second kappa shape index (κ2) is 14.6. The fraction of sp³-hybridized carbons (Fsp3) is 0.304. The molecule has 0 saturated carbocycles. The quantitative estimate of drug-likeness (QED) is 0.134. The van der Waals surface area contributed by atoms with Gasteiger partial charge < -0.3 is 41.9 Å². The number of unbranched alkanes of at least 4 members (excludes halogenated alkanes) is 2. The Hall–Kier alpha value is -4.48. The highest BCUT2D eigenvalue weighted by atomic mass is 16.5. The maximum absolute atomic E-state index is 5.89. The molecule has 8 N–H and O–H groups in total. The van der Waals surface area contributed by atoms with E-state index in [2.05, 4.69) is 20.4 Å². The van der Waals surface area contributed by atoms with Crippen molar-refractivity contribution in [2.24, 2.45) is 43.3 Å². The summed E-state index contributed by atoms with van der Waals surface area (Å²) >= 11 is 0. The van der Waals surface area contributed by atoms with Crippen LogP contribution in [0.2, 0.25) is 0 Å². The number of hydrogen-bond acceptors (Lipinski definition) is 8. The van der Waals surface area contributed by atoms with Crippen LogP contribution < -0.4 is 41.9 Å². The van der Waals surface area contributed by atoms with Crippen molar-refractivity contribution in [2.45, 2.75) is 19.3 Å². The zero-order valence-electron chi connectivity index (χ0n) is 19.9. The number of ether oxygens (including phenoxy) is 4. The Bertz CT molecular complexity index is 978. The van der Waals surface area contributed by atoms with Crippen molar-refractivity contribution in [1.82, 2.24) is 0 Å². The summed E-state index contributed by atoms with van der Waals surface area (Å²) in [5.41, 5.74) is 22.6. The second-order valence-corrected chi connectivity index (χ2v) is 7.12. The molecule has 0 aliphatic carbocycles. The summed E-state index contributed by atoms with van der Waals surface area (Å²) in [6, 6.07) is 10.9. The molecule has 0 radical (unpaired) electrons. The highest BCUT2D eigenvalue weighted by molar-refractivity contribution is 5.83. The van der Waals surface area contributed by atoms with E-state index in [1.807, 2.05) is 24.3 Å². The minimum Gasteiger partial charge on any atom is -0.493 e. The second-order valence-electron chi connectivity index (χ2n) is 7.12. The topological polar surface area (TPSA) is 190 Å². The smallest absolute Gasteiger partial charge is 0.211 e. The summed E-state index contributed by atoms with van der Waals surface area (Å²) in [6.45, 7) is 1.04. The number of guanidine groups is 2. The molecule has 35 heavy (non-hydrogen) atoms. The van der Waals surface area contributed by atoms with E-state index in [0.717, 1.165) is 30.4 Å². The summed E-state index contributed by atoms with van der Waals surface area (Å²) in [4.78, 5) is 0. The largest absolute Gasteiger partial charge is 0.493 e. The molecule has 2 rings (SSSR count). The van der Waals surface area contributed by atoms with Crippen LogP contribution in [0.4, 0.5) is 0 Å². The maximum Gasteiger partial charge on any atom is 0.211 e. The van der Waals surface area contributed by atoms with Crippen LogP contribution >= 0.6 is 0 Å². The minimum atomic E-state index is -0.113. The van der Waals surface area contributed by atoms with E-state index in [4.69, 9.17) is 41.9 Å². The van der Waals surface area contributed by atoms with Gasteiger partial charge in [-0.2, -0.15) is 10.2 Å². The third-order valence-corrected chi connectivity index (χ3v) is 4.44. The molecule has 0 saturated heterocycles. The molecule has 12 nitrogen and oxygen atoms in total. The first-order chi connectivity index (χ1) is 16.9. The van der Waals surface area contributed by atoms with Crippen LogP contribution in [0.1, 0.15) is 30.4 Å². The summed E-state index contributed by atoms with van der Waals surface area (Å²) in [7, 11) is 3.17. The van der Waals surface area contributed by atoms with Gasteiger partial charge in [-0.25, -0.2) is 0 Å². The number of hydrogen-bond donors (Lipinski definition) is 4. The van der Waals surface area contributed by atoms with Gasteiger partial charge in [-0.3, -0.25) is 0 Å². The molecule has 2 aromatic carbocycles. The van der Waals surface area contributed by atoms with Gasteiger partial charge in [0.25, 0.3) is 0 Å². The van der Waals surface area contributed by atoms with Crippen LogP contribution in [-0.4, -0.2) is 51.8 Å². The predicted molar refractivity (Wildman–Crippen MR) is 138 cm³/mol. The fourth-order valence-corrected chi connectivity index (χ4v) is 2.84. The molecule has 12 heteroatoms. The molecule has 0 bridgehead atoms.